The lowest BCUT2D eigenvalue weighted by molar-refractivity contribution is 0.334. The summed E-state index contributed by atoms with van der Waals surface area (Å²) in [5.41, 5.74) is 0. The Bertz CT molecular complexity index is 500. The molecule has 0 aliphatic rings. The monoisotopic (exact) mass is 312 g/mol. The fourth-order valence-corrected chi connectivity index (χ4v) is 5.33. The van der Waals surface area contributed by atoms with E-state index in [1.54, 1.807) is 18.6 Å². The first-order valence-electron chi connectivity index (χ1n) is 5.18. The summed E-state index contributed by atoms with van der Waals surface area (Å²) >= 11 is 5.58. The molecule has 0 unspecified atom stereocenters. The van der Waals surface area contributed by atoms with Crippen LogP contribution in [0, 0.1) is 0 Å². The minimum Gasteiger partial charge on any atom is -0.491 e. The standard InChI is InChI=1S/C11H17ClO4S2/c1-17(2,16-18(3,13)14)11-7-5-4-6-10(11)15-9-8-12/h4-7H,8-9H2,1-3H3. The van der Waals surface area contributed by atoms with Gasteiger partial charge in [0.1, 0.15) is 12.4 Å². The third kappa shape index (κ3) is 4.68. The summed E-state index contributed by atoms with van der Waals surface area (Å²) in [5.74, 6) is 0.985. The number of ether oxygens (including phenoxy) is 1. The Morgan fingerprint density at radius 1 is 1.17 bits per heavy atom. The molecule has 0 atom stereocenters. The molecular formula is C11H17ClO4S2. The van der Waals surface area contributed by atoms with Crippen molar-refractivity contribution in [2.24, 2.45) is 0 Å². The lowest BCUT2D eigenvalue weighted by Gasteiger charge is -2.30. The van der Waals surface area contributed by atoms with Crippen LogP contribution in [0.4, 0.5) is 0 Å². The first-order valence-corrected chi connectivity index (χ1v) is 9.91. The van der Waals surface area contributed by atoms with E-state index in [4.69, 9.17) is 20.0 Å². The molecule has 104 valence electrons. The van der Waals surface area contributed by atoms with Crippen molar-refractivity contribution in [2.45, 2.75) is 4.90 Å². The second kappa shape index (κ2) is 6.14. The van der Waals surface area contributed by atoms with E-state index in [1.165, 1.54) is 0 Å². The molecule has 4 nitrogen and oxygen atoms in total. The molecule has 0 spiro atoms. The molecule has 0 aliphatic carbocycles. The van der Waals surface area contributed by atoms with Gasteiger partial charge in [0.15, 0.2) is 0 Å². The molecular weight excluding hydrogens is 296 g/mol. The van der Waals surface area contributed by atoms with Crippen LogP contribution in [0.5, 0.6) is 5.75 Å². The smallest absolute Gasteiger partial charge is 0.273 e. The van der Waals surface area contributed by atoms with Crippen LogP contribution in [0.15, 0.2) is 29.2 Å². The Kier molecular flexibility index (Phi) is 5.33. The number of benzene rings is 1. The first-order chi connectivity index (χ1) is 8.26. The van der Waals surface area contributed by atoms with E-state index in [-0.39, 0.29) is 0 Å². The zero-order valence-corrected chi connectivity index (χ0v) is 12.9. The number of hydrogen-bond acceptors (Lipinski definition) is 4. The topological polar surface area (TPSA) is 52.6 Å². The fourth-order valence-electron chi connectivity index (χ4n) is 1.47. The van der Waals surface area contributed by atoms with Gasteiger partial charge in [-0.05, 0) is 24.6 Å². The highest BCUT2D eigenvalue weighted by Crippen LogP contribution is 2.55. The van der Waals surface area contributed by atoms with Crippen LogP contribution in [-0.2, 0) is 13.7 Å². The van der Waals surface area contributed by atoms with E-state index in [2.05, 4.69) is 0 Å². The Hall–Kier alpha value is -0.430. The highest BCUT2D eigenvalue weighted by molar-refractivity contribution is 8.32. The Morgan fingerprint density at radius 2 is 1.78 bits per heavy atom. The van der Waals surface area contributed by atoms with Gasteiger partial charge in [-0.15, -0.1) is 11.6 Å². The molecule has 0 N–H and O–H groups in total. The number of para-hydroxylation sites is 1. The molecule has 0 amide bonds. The van der Waals surface area contributed by atoms with E-state index >= 15 is 0 Å². The van der Waals surface area contributed by atoms with Crippen molar-refractivity contribution in [3.63, 3.8) is 0 Å². The number of rotatable bonds is 6. The van der Waals surface area contributed by atoms with Crippen LogP contribution in [-0.4, -0.2) is 39.7 Å². The molecule has 0 aromatic heterocycles. The maximum atomic E-state index is 11.3. The van der Waals surface area contributed by atoms with Gasteiger partial charge >= 0.3 is 0 Å². The Balaban J connectivity index is 3.07. The van der Waals surface area contributed by atoms with Gasteiger partial charge in [0.25, 0.3) is 10.1 Å². The normalized spacial score (nSPS) is 13.3. The van der Waals surface area contributed by atoms with Gasteiger partial charge < -0.3 is 4.74 Å². The van der Waals surface area contributed by atoms with E-state index in [0.717, 1.165) is 11.2 Å². The lowest BCUT2D eigenvalue weighted by Crippen LogP contribution is -2.10. The third-order valence-corrected chi connectivity index (χ3v) is 5.91. The van der Waals surface area contributed by atoms with Crippen molar-refractivity contribution >= 4 is 32.0 Å². The highest BCUT2D eigenvalue weighted by Gasteiger charge is 2.24. The molecule has 7 heteroatoms. The number of alkyl halides is 1. The molecule has 0 radical (unpaired) electrons. The third-order valence-electron chi connectivity index (χ3n) is 2.01. The minimum absolute atomic E-state index is 0.368. The van der Waals surface area contributed by atoms with E-state index in [9.17, 15) is 8.42 Å². The van der Waals surface area contributed by atoms with E-state index in [0.29, 0.717) is 18.2 Å². The van der Waals surface area contributed by atoms with Crippen LogP contribution < -0.4 is 4.74 Å². The fraction of sp³-hybridized carbons (Fsp3) is 0.455. The molecule has 0 fully saturated rings. The van der Waals surface area contributed by atoms with Crippen LogP contribution in [0.3, 0.4) is 0 Å². The van der Waals surface area contributed by atoms with Gasteiger partial charge in [-0.25, -0.2) is 3.63 Å². The maximum Gasteiger partial charge on any atom is 0.273 e. The summed E-state index contributed by atoms with van der Waals surface area (Å²) < 4.78 is 33.2. The minimum atomic E-state index is -3.51. The summed E-state index contributed by atoms with van der Waals surface area (Å²) in [6.45, 7) is 0.368. The quantitative estimate of drug-likeness (QED) is 0.758. The molecule has 0 heterocycles. The summed E-state index contributed by atoms with van der Waals surface area (Å²) in [4.78, 5) is 0.751. The molecule has 0 saturated heterocycles. The maximum absolute atomic E-state index is 11.3. The number of halogens is 1. The summed E-state index contributed by atoms with van der Waals surface area (Å²) in [5, 5.41) is 0. The molecule has 1 rings (SSSR count). The molecule has 1 aromatic carbocycles. The summed E-state index contributed by atoms with van der Waals surface area (Å²) in [7, 11) is -5.45. The van der Waals surface area contributed by atoms with Crippen molar-refractivity contribution in [1.82, 2.24) is 0 Å². The van der Waals surface area contributed by atoms with Crippen molar-refractivity contribution in [1.29, 1.82) is 0 Å². The summed E-state index contributed by atoms with van der Waals surface area (Å²) in [6, 6.07) is 7.23. The molecule has 0 saturated carbocycles. The van der Waals surface area contributed by atoms with Gasteiger partial charge in [0.2, 0.25) is 0 Å². The molecule has 0 aliphatic heterocycles. The first kappa shape index (κ1) is 15.6. The average molecular weight is 313 g/mol. The largest absolute Gasteiger partial charge is 0.491 e. The van der Waals surface area contributed by atoms with Crippen LogP contribution in [0.2, 0.25) is 0 Å². The van der Waals surface area contributed by atoms with Gasteiger partial charge in [0, 0.05) is 0 Å². The predicted octanol–water partition coefficient (Wildman–Crippen LogP) is 2.62. The van der Waals surface area contributed by atoms with Gasteiger partial charge in [0.05, 0.1) is 17.0 Å². The lowest BCUT2D eigenvalue weighted by atomic mass is 10.3. The second-order valence-corrected chi connectivity index (χ2v) is 9.23. The average Bonchev–Trinajstić information content (AvgIpc) is 2.23. The van der Waals surface area contributed by atoms with Crippen molar-refractivity contribution in [2.75, 3.05) is 31.3 Å². The van der Waals surface area contributed by atoms with Crippen molar-refractivity contribution < 1.29 is 16.8 Å². The van der Waals surface area contributed by atoms with E-state index < -0.39 is 20.4 Å². The zero-order valence-electron chi connectivity index (χ0n) is 10.6. The SMILES string of the molecule is CS(C)(OS(C)(=O)=O)c1ccccc1OCCCl. The highest BCUT2D eigenvalue weighted by atomic mass is 35.5. The van der Waals surface area contributed by atoms with Gasteiger partial charge in [-0.1, -0.05) is 22.4 Å². The zero-order chi connectivity index (χ0) is 13.8. The predicted molar refractivity (Wildman–Crippen MR) is 76.3 cm³/mol. The van der Waals surface area contributed by atoms with Crippen molar-refractivity contribution in [3.05, 3.63) is 24.3 Å². The van der Waals surface area contributed by atoms with Crippen molar-refractivity contribution in [3.8, 4) is 5.75 Å². The molecule has 1 aromatic rings. The second-order valence-electron chi connectivity index (χ2n) is 3.99. The Morgan fingerprint density at radius 3 is 2.33 bits per heavy atom. The van der Waals surface area contributed by atoms with Gasteiger partial charge in [-0.3, -0.25) is 0 Å². The molecule has 0 bridgehead atoms. The van der Waals surface area contributed by atoms with E-state index in [1.807, 2.05) is 18.2 Å². The Labute approximate surface area is 115 Å². The van der Waals surface area contributed by atoms with Crippen LogP contribution >= 0.6 is 21.9 Å². The molecule has 18 heavy (non-hydrogen) atoms. The summed E-state index contributed by atoms with van der Waals surface area (Å²) in [6.07, 6.45) is 4.57. The number of hydrogen-bond donors (Lipinski definition) is 0. The van der Waals surface area contributed by atoms with Crippen LogP contribution in [0.25, 0.3) is 0 Å². The van der Waals surface area contributed by atoms with Crippen LogP contribution in [0.1, 0.15) is 0 Å². The van der Waals surface area contributed by atoms with Gasteiger partial charge in [-0.2, -0.15) is 8.42 Å².